The van der Waals surface area contributed by atoms with Gasteiger partial charge >= 0.3 is 0 Å². The van der Waals surface area contributed by atoms with Crippen molar-refractivity contribution in [2.24, 2.45) is 11.8 Å². The van der Waals surface area contributed by atoms with Crippen molar-refractivity contribution in [1.82, 2.24) is 10.2 Å². The van der Waals surface area contributed by atoms with E-state index in [4.69, 9.17) is 16.7 Å². The molecule has 1 aromatic carbocycles. The molecule has 0 saturated carbocycles. The zero-order valence-electron chi connectivity index (χ0n) is 17.7. The number of benzene rings is 1. The number of likely N-dealkylation sites (tertiary alicyclic amines) is 1. The molecule has 3 aliphatic heterocycles. The van der Waals surface area contributed by atoms with E-state index < -0.39 is 22.6 Å². The van der Waals surface area contributed by atoms with Gasteiger partial charge in [-0.3, -0.25) is 14.4 Å². The normalized spacial score (nSPS) is 32.8. The summed E-state index contributed by atoms with van der Waals surface area (Å²) in [5, 5.41) is 15.1. The van der Waals surface area contributed by atoms with Gasteiger partial charge in [0.25, 0.3) is 0 Å². The highest BCUT2D eigenvalue weighted by molar-refractivity contribution is 9.09. The van der Waals surface area contributed by atoms with E-state index in [9.17, 15) is 14.4 Å². The zero-order valence-corrected chi connectivity index (χ0v) is 20.9. The summed E-state index contributed by atoms with van der Waals surface area (Å²) in [5.74, 6) is -1.57. The van der Waals surface area contributed by atoms with Gasteiger partial charge in [-0.2, -0.15) is 0 Å². The van der Waals surface area contributed by atoms with Gasteiger partial charge in [0.15, 0.2) is 0 Å². The second kappa shape index (κ2) is 9.52. The Kier molecular flexibility index (Phi) is 7.10. The summed E-state index contributed by atoms with van der Waals surface area (Å²) in [4.78, 5) is 41.8. The predicted molar refractivity (Wildman–Crippen MR) is 129 cm³/mol. The van der Waals surface area contributed by atoms with E-state index in [0.29, 0.717) is 36.5 Å². The molecule has 3 fully saturated rings. The van der Waals surface area contributed by atoms with E-state index in [2.05, 4.69) is 26.6 Å². The molecular formula is C22H27BrClN3O4S. The summed E-state index contributed by atoms with van der Waals surface area (Å²) in [6, 6.07) is 6.32. The Hall–Kier alpha value is -1.29. The van der Waals surface area contributed by atoms with Gasteiger partial charge in [-0.1, -0.05) is 39.7 Å². The number of nitrogens with zero attached hydrogens (tertiary/aromatic N) is 1. The summed E-state index contributed by atoms with van der Waals surface area (Å²) in [7, 11) is 1.59. The fourth-order valence-electron chi connectivity index (χ4n) is 5.47. The maximum Gasteiger partial charge on any atom is 0.248 e. The number of unbranched alkanes of at least 4 members (excludes halogenated alkanes) is 2. The van der Waals surface area contributed by atoms with E-state index in [0.717, 1.165) is 6.42 Å². The van der Waals surface area contributed by atoms with Crippen molar-refractivity contribution >= 4 is 62.7 Å². The van der Waals surface area contributed by atoms with Gasteiger partial charge in [-0.15, -0.1) is 11.8 Å². The van der Waals surface area contributed by atoms with Crippen molar-refractivity contribution in [3.8, 4) is 0 Å². The number of carbonyl (C=O) groups excluding carboxylic acids is 3. The van der Waals surface area contributed by atoms with Crippen LogP contribution in [0.4, 0.5) is 5.69 Å². The van der Waals surface area contributed by atoms with Gasteiger partial charge in [0.1, 0.15) is 6.04 Å². The Balaban J connectivity index is 1.68. The maximum atomic E-state index is 13.7. The molecule has 6 atom stereocenters. The molecule has 32 heavy (non-hydrogen) atoms. The molecule has 4 rings (SSSR count). The maximum absolute atomic E-state index is 13.7. The number of halogens is 2. The Morgan fingerprint density at radius 1 is 1.28 bits per heavy atom. The van der Waals surface area contributed by atoms with Gasteiger partial charge in [0, 0.05) is 30.3 Å². The molecule has 3 saturated heterocycles. The number of rotatable bonds is 8. The van der Waals surface area contributed by atoms with Crippen LogP contribution < -0.4 is 10.6 Å². The van der Waals surface area contributed by atoms with E-state index in [-0.39, 0.29) is 34.4 Å². The number of carbonyl (C=O) groups is 3. The number of hydrogen-bond acceptors (Lipinski definition) is 5. The van der Waals surface area contributed by atoms with Crippen LogP contribution in [0.5, 0.6) is 0 Å². The van der Waals surface area contributed by atoms with Crippen LogP contribution in [0.2, 0.25) is 5.02 Å². The molecule has 3 N–H and O–H groups in total. The average molecular weight is 545 g/mol. The van der Waals surface area contributed by atoms with Gasteiger partial charge in [0.2, 0.25) is 17.7 Å². The quantitative estimate of drug-likeness (QED) is 0.345. The third-order valence-electron chi connectivity index (χ3n) is 6.78. The van der Waals surface area contributed by atoms with Crippen molar-refractivity contribution in [2.75, 3.05) is 25.5 Å². The fourth-order valence-corrected chi connectivity index (χ4v) is 9.27. The summed E-state index contributed by atoms with van der Waals surface area (Å²) in [6.07, 6.45) is 2.72. The molecule has 2 bridgehead atoms. The first-order valence-electron chi connectivity index (χ1n) is 10.9. The first-order valence-corrected chi connectivity index (χ1v) is 13.0. The van der Waals surface area contributed by atoms with Crippen LogP contribution in [0.25, 0.3) is 0 Å². The lowest BCUT2D eigenvalue weighted by molar-refractivity contribution is -0.139. The van der Waals surface area contributed by atoms with Gasteiger partial charge in [0.05, 0.1) is 27.3 Å². The lowest BCUT2D eigenvalue weighted by Crippen LogP contribution is -2.53. The molecule has 3 unspecified atom stereocenters. The monoisotopic (exact) mass is 543 g/mol. The largest absolute Gasteiger partial charge is 0.396 e. The van der Waals surface area contributed by atoms with E-state index in [1.54, 1.807) is 48.0 Å². The Bertz CT molecular complexity index is 921. The number of para-hydroxylation sites is 1. The van der Waals surface area contributed by atoms with Crippen molar-refractivity contribution < 1.29 is 19.5 Å². The van der Waals surface area contributed by atoms with E-state index in [1.807, 2.05) is 0 Å². The highest BCUT2D eigenvalue weighted by atomic mass is 79.9. The molecule has 0 radical (unpaired) electrons. The van der Waals surface area contributed by atoms with Crippen molar-refractivity contribution in [1.29, 1.82) is 0 Å². The Morgan fingerprint density at radius 2 is 2.03 bits per heavy atom. The van der Waals surface area contributed by atoms with Crippen molar-refractivity contribution in [3.05, 3.63) is 29.3 Å². The highest BCUT2D eigenvalue weighted by Crippen LogP contribution is 2.67. The van der Waals surface area contributed by atoms with Gasteiger partial charge in [-0.25, -0.2) is 0 Å². The van der Waals surface area contributed by atoms with Crippen LogP contribution >= 0.6 is 39.3 Å². The molecule has 3 aliphatic rings. The first kappa shape index (κ1) is 23.9. The molecule has 3 heterocycles. The molecule has 7 nitrogen and oxygen atoms in total. The first-order chi connectivity index (χ1) is 15.4. The lowest BCUT2D eigenvalue weighted by atomic mass is 9.70. The zero-order chi connectivity index (χ0) is 23.0. The summed E-state index contributed by atoms with van der Waals surface area (Å²) < 4.78 is -0.671. The number of nitrogens with one attached hydrogen (secondary N) is 2. The number of fused-ring (bicyclic) bond motifs is 1. The Morgan fingerprint density at radius 3 is 2.72 bits per heavy atom. The number of amides is 3. The number of aliphatic hydroxyl groups is 1. The van der Waals surface area contributed by atoms with Gasteiger partial charge in [-0.05, 0) is 37.8 Å². The number of anilines is 1. The summed E-state index contributed by atoms with van der Waals surface area (Å²) >= 11 is 11.6. The average Bonchev–Trinajstić information content (AvgIpc) is 3.36. The fraction of sp³-hybridized carbons (Fsp3) is 0.591. The SMILES string of the molecule is CNC(=O)[C@H]1[C@@H]2SC3(CC2Br)C(C(=O)Nc2ccccc2Cl)N(CCCCCO)C(=O)[C@H]13. The number of alkyl halides is 1. The topological polar surface area (TPSA) is 98.7 Å². The molecule has 174 valence electrons. The molecule has 1 aromatic rings. The second-order valence-corrected chi connectivity index (χ2v) is 11.7. The van der Waals surface area contributed by atoms with Crippen LogP contribution in [0.1, 0.15) is 25.7 Å². The highest BCUT2D eigenvalue weighted by Gasteiger charge is 2.75. The van der Waals surface area contributed by atoms with Crippen LogP contribution in [0.3, 0.4) is 0 Å². The molecule has 10 heteroatoms. The Labute approximate surface area is 205 Å². The number of aliphatic hydroxyl groups excluding tert-OH is 1. The summed E-state index contributed by atoms with van der Waals surface area (Å²) in [6.45, 7) is 0.509. The molecule has 3 amide bonds. The van der Waals surface area contributed by atoms with E-state index >= 15 is 0 Å². The number of thioether (sulfide) groups is 1. The smallest absolute Gasteiger partial charge is 0.248 e. The van der Waals surface area contributed by atoms with E-state index in [1.165, 1.54) is 0 Å². The minimum atomic E-state index is -0.699. The lowest BCUT2D eigenvalue weighted by Gasteiger charge is -2.35. The molecule has 1 spiro atoms. The number of hydrogen-bond donors (Lipinski definition) is 3. The van der Waals surface area contributed by atoms with Crippen molar-refractivity contribution in [2.45, 2.75) is 46.5 Å². The van der Waals surface area contributed by atoms with Crippen LogP contribution in [-0.4, -0.2) is 68.8 Å². The summed E-state index contributed by atoms with van der Waals surface area (Å²) in [5.41, 5.74) is 0.502. The van der Waals surface area contributed by atoms with Crippen molar-refractivity contribution in [3.63, 3.8) is 0 Å². The minimum absolute atomic E-state index is 0.0452. The predicted octanol–water partition coefficient (Wildman–Crippen LogP) is 2.65. The molecule has 0 aromatic heterocycles. The van der Waals surface area contributed by atoms with Crippen LogP contribution in [0.15, 0.2) is 24.3 Å². The standard InChI is InChI=1S/C22H27BrClN3O4S/c1-25-19(29)15-16-21(31)27(9-5-2-6-10-28)18(22(16)11-12(23)17(15)32-22)20(30)26-14-8-4-3-7-13(14)24/h3-4,7-8,12,15-18,28H,2,5-6,9-11H2,1H3,(H,25,29)(H,26,30)/t12?,15-,16+,17-,18?,22?/m1/s1. The molecular weight excluding hydrogens is 518 g/mol. The van der Waals surface area contributed by atoms with Crippen LogP contribution in [0, 0.1) is 11.8 Å². The third kappa shape index (κ3) is 3.85. The third-order valence-corrected chi connectivity index (χ3v) is 10.3. The second-order valence-electron chi connectivity index (χ2n) is 8.56. The molecule has 0 aliphatic carbocycles. The van der Waals surface area contributed by atoms with Gasteiger partial charge < -0.3 is 20.6 Å². The minimum Gasteiger partial charge on any atom is -0.396 e. The van der Waals surface area contributed by atoms with Crippen LogP contribution in [-0.2, 0) is 14.4 Å².